The first kappa shape index (κ1) is 75.2. The smallest absolute Gasteiger partial charge is 0.248 e. The molecule has 24 heteroatoms. The fourth-order valence-electron chi connectivity index (χ4n) is 11.2. The number of aliphatic hydroxyl groups is 1. The average Bonchev–Trinajstić information content (AvgIpc) is 3.23. The summed E-state index contributed by atoms with van der Waals surface area (Å²) < 4.78 is 6.14. The second kappa shape index (κ2) is 32.7. The molecule has 2 fully saturated rings. The minimum absolute atomic E-state index is 0.127. The molecule has 0 aromatic carbocycles. The Morgan fingerprint density at radius 3 is 1.22 bits per heavy atom. The highest BCUT2D eigenvalue weighted by Crippen LogP contribution is 2.29. The molecule has 0 aromatic heterocycles. The lowest BCUT2D eigenvalue weighted by molar-refractivity contribution is -0.157. The predicted molar refractivity (Wildman–Crippen MR) is 323 cm³/mol. The van der Waals surface area contributed by atoms with E-state index in [9.17, 15) is 48.3 Å². The van der Waals surface area contributed by atoms with Crippen LogP contribution < -0.4 is 21.3 Å². The van der Waals surface area contributed by atoms with Gasteiger partial charge in [0.2, 0.25) is 65.0 Å². The van der Waals surface area contributed by atoms with Crippen LogP contribution in [0.4, 0.5) is 0 Å². The molecule has 14 atom stereocenters. The van der Waals surface area contributed by atoms with Crippen molar-refractivity contribution < 1.29 is 62.6 Å². The first-order valence-corrected chi connectivity index (χ1v) is 30.5. The largest absolute Gasteiger partial charge is 0.391 e. The van der Waals surface area contributed by atoms with Crippen molar-refractivity contribution >= 4 is 65.0 Å². The van der Waals surface area contributed by atoms with Crippen LogP contribution in [-0.4, -0.2) is 239 Å². The van der Waals surface area contributed by atoms with Crippen LogP contribution in [0.2, 0.25) is 0 Å². The van der Waals surface area contributed by atoms with E-state index < -0.39 is 155 Å². The third kappa shape index (κ3) is 19.5. The zero-order valence-corrected chi connectivity index (χ0v) is 55.8. The van der Waals surface area contributed by atoms with Gasteiger partial charge in [-0.05, 0) is 101 Å². The maximum absolute atomic E-state index is 15.2. The summed E-state index contributed by atoms with van der Waals surface area (Å²) in [5, 5.41) is 22.2. The SMILES string of the molecule is CC(C)C[C@@H]1C(=O)N[C@H](C)C(=O)N[C@@H](C)C(=O)N(C)[C@@H](CC(C)C)C(=O)N(C)[C@H](CC(C)C)C(=O)N(C)[C@H](C(C)C)C(=O)N(C)[C@H]([C@@H]2OCC[C@H]2C)C(=O)N[C@H]([C@@H](C)O)C(=O)N(C)[C@H](C)C(=O)N(C)[C@@H](CC(C)C)C(=O)N[C@H](C(C)C)C(=O)N1C. The number of nitrogens with zero attached hydrogens (tertiary/aromatic N) is 7. The minimum Gasteiger partial charge on any atom is -0.391 e. The van der Waals surface area contributed by atoms with E-state index in [-0.39, 0.29) is 61.9 Å². The molecule has 2 heterocycles. The molecule has 11 amide bonds. The second-order valence-corrected chi connectivity index (χ2v) is 26.6. The average molecular weight is 1200 g/mol. The summed E-state index contributed by atoms with van der Waals surface area (Å²) in [6.45, 7) is 29.5. The van der Waals surface area contributed by atoms with Gasteiger partial charge in [0.15, 0.2) is 0 Å². The summed E-state index contributed by atoms with van der Waals surface area (Å²) >= 11 is 0. The van der Waals surface area contributed by atoms with Gasteiger partial charge in [-0.25, -0.2) is 0 Å². The number of likely N-dealkylation sites (N-methyl/N-ethyl adjacent to an activating group) is 7. The number of rotatable bonds is 12. The number of nitrogens with one attached hydrogen (secondary N) is 4. The van der Waals surface area contributed by atoms with Gasteiger partial charge >= 0.3 is 0 Å². The van der Waals surface area contributed by atoms with Crippen molar-refractivity contribution in [3.8, 4) is 0 Å². The Hall–Kier alpha value is -5.91. The molecule has 5 N–H and O–H groups in total. The summed E-state index contributed by atoms with van der Waals surface area (Å²) in [5.74, 6) is -9.59. The zero-order chi connectivity index (χ0) is 65.7. The zero-order valence-electron chi connectivity index (χ0n) is 55.8. The first-order valence-electron chi connectivity index (χ1n) is 30.5. The van der Waals surface area contributed by atoms with Crippen molar-refractivity contribution in [1.82, 2.24) is 55.6 Å². The highest BCUT2D eigenvalue weighted by Gasteiger charge is 2.48. The highest BCUT2D eigenvalue weighted by molar-refractivity contribution is 6.00. The van der Waals surface area contributed by atoms with Gasteiger partial charge in [0.05, 0.1) is 12.2 Å². The Labute approximate surface area is 507 Å². The van der Waals surface area contributed by atoms with Gasteiger partial charge in [-0.3, -0.25) is 52.7 Å². The molecule has 2 aliphatic rings. The molecule has 486 valence electrons. The molecule has 2 aliphatic heterocycles. The minimum atomic E-state index is -1.67. The van der Waals surface area contributed by atoms with Crippen LogP contribution in [-0.2, 0) is 57.5 Å². The topological polar surface area (TPSA) is 288 Å². The summed E-state index contributed by atoms with van der Waals surface area (Å²) in [5.41, 5.74) is 0. The van der Waals surface area contributed by atoms with Crippen LogP contribution in [0.25, 0.3) is 0 Å². The Kier molecular flexibility index (Phi) is 28.9. The van der Waals surface area contributed by atoms with E-state index in [2.05, 4.69) is 21.3 Å². The molecule has 2 saturated heterocycles. The van der Waals surface area contributed by atoms with Crippen LogP contribution >= 0.6 is 0 Å². The number of carbonyl (C=O) groups is 11. The number of aliphatic hydroxyl groups excluding tert-OH is 1. The van der Waals surface area contributed by atoms with E-state index in [1.807, 2.05) is 62.3 Å². The lowest BCUT2D eigenvalue weighted by Crippen LogP contribution is -2.64. The van der Waals surface area contributed by atoms with Gasteiger partial charge in [-0.1, -0.05) is 90.0 Å². The van der Waals surface area contributed by atoms with Gasteiger partial charge in [0.1, 0.15) is 66.5 Å². The number of carbonyl (C=O) groups excluding carboxylic acids is 11. The number of ether oxygens (including phenoxy) is 1. The van der Waals surface area contributed by atoms with Crippen molar-refractivity contribution in [2.75, 3.05) is 55.9 Å². The van der Waals surface area contributed by atoms with Crippen LogP contribution in [0.15, 0.2) is 0 Å². The van der Waals surface area contributed by atoms with Gasteiger partial charge in [0, 0.05) is 55.9 Å². The molecule has 85 heavy (non-hydrogen) atoms. The van der Waals surface area contributed by atoms with Crippen LogP contribution in [0.1, 0.15) is 150 Å². The van der Waals surface area contributed by atoms with Crippen LogP contribution in [0.3, 0.4) is 0 Å². The molecular formula is C61H109N11O13. The first-order chi connectivity index (χ1) is 39.1. The van der Waals surface area contributed by atoms with Crippen molar-refractivity contribution in [2.45, 2.75) is 228 Å². The number of hydrogen-bond donors (Lipinski definition) is 5. The maximum atomic E-state index is 15.2. The quantitative estimate of drug-likeness (QED) is 0.187. The Bertz CT molecular complexity index is 2350. The van der Waals surface area contributed by atoms with E-state index in [0.29, 0.717) is 6.42 Å². The second-order valence-electron chi connectivity index (χ2n) is 26.6. The van der Waals surface area contributed by atoms with Crippen molar-refractivity contribution in [3.63, 3.8) is 0 Å². The lowest BCUT2D eigenvalue weighted by Gasteiger charge is -2.41. The van der Waals surface area contributed by atoms with Gasteiger partial charge in [-0.15, -0.1) is 0 Å². The molecule has 2 rings (SSSR count). The molecule has 0 spiro atoms. The Balaban J connectivity index is 2.98. The van der Waals surface area contributed by atoms with Crippen molar-refractivity contribution in [2.24, 2.45) is 41.4 Å². The molecular weight excluding hydrogens is 1090 g/mol. The number of hydrogen-bond acceptors (Lipinski definition) is 13. The summed E-state index contributed by atoms with van der Waals surface area (Å²) in [6.07, 6.45) is -1.33. The van der Waals surface area contributed by atoms with Gasteiger partial charge in [-0.2, -0.15) is 0 Å². The maximum Gasteiger partial charge on any atom is 0.248 e. The molecule has 0 unspecified atom stereocenters. The number of amides is 11. The standard InChI is InChI=1S/C61H109N11O13/c1-31(2)27-42-52(75)62-38(14)51(74)63-39(15)55(78)69(21)44(29-33(5)6)57(80)70(22)45(30-34(7)8)58(81)71(23)48(36(11)12)61(84)72(24)49(50-37(13)25-26-85-50)54(77)65-47(41(17)73)60(83)66(18)40(16)56(79)67(19)43(28-32(3)4)53(76)64-46(35(9)10)59(82)68(42)20/h31-50,73H,25-30H2,1-24H3,(H,62,75)(H,63,74)(H,64,76)(H,65,77)/t37-,38-,39+,40-,41-,42-,43+,44+,45-,46-,47-,48-,49-,50-/m1/s1. The Morgan fingerprint density at radius 1 is 0.412 bits per heavy atom. The van der Waals surface area contributed by atoms with Crippen LogP contribution in [0, 0.1) is 41.4 Å². The fraction of sp³-hybridized carbons (Fsp3) is 0.820. The molecule has 24 nitrogen and oxygen atoms in total. The molecule has 0 bridgehead atoms. The third-order valence-electron chi connectivity index (χ3n) is 16.7. The lowest BCUT2D eigenvalue weighted by atomic mass is 9.93. The Morgan fingerprint density at radius 2 is 0.800 bits per heavy atom. The predicted octanol–water partition coefficient (Wildman–Crippen LogP) is 2.09. The monoisotopic (exact) mass is 1200 g/mol. The van der Waals surface area contributed by atoms with Gasteiger partial charge in [0.25, 0.3) is 0 Å². The highest BCUT2D eigenvalue weighted by atomic mass is 16.5. The van der Waals surface area contributed by atoms with E-state index in [0.717, 1.165) is 4.90 Å². The van der Waals surface area contributed by atoms with Crippen molar-refractivity contribution in [1.29, 1.82) is 0 Å². The summed E-state index contributed by atoms with van der Waals surface area (Å²) in [7, 11) is 9.92. The van der Waals surface area contributed by atoms with E-state index >= 15 is 9.59 Å². The van der Waals surface area contributed by atoms with E-state index in [4.69, 9.17) is 4.74 Å². The molecule has 0 saturated carbocycles. The third-order valence-corrected chi connectivity index (χ3v) is 16.7. The normalized spacial score (nSPS) is 30.0. The summed E-state index contributed by atoms with van der Waals surface area (Å²) in [6, 6.07) is -13.9. The molecule has 0 aromatic rings. The van der Waals surface area contributed by atoms with E-state index in [1.54, 1.807) is 27.7 Å². The molecule has 0 radical (unpaired) electrons. The van der Waals surface area contributed by atoms with Crippen LogP contribution in [0.5, 0.6) is 0 Å². The van der Waals surface area contributed by atoms with E-state index in [1.165, 1.54) is 106 Å². The fourth-order valence-corrected chi connectivity index (χ4v) is 11.2. The van der Waals surface area contributed by atoms with Crippen molar-refractivity contribution in [3.05, 3.63) is 0 Å². The summed E-state index contributed by atoms with van der Waals surface area (Å²) in [4.78, 5) is 170. The van der Waals surface area contributed by atoms with Gasteiger partial charge < -0.3 is 65.4 Å². The molecule has 0 aliphatic carbocycles.